The molecule has 1 aromatic rings. The molecular formula is C12H12F3NO5S. The van der Waals surface area contributed by atoms with Crippen LogP contribution in [0.3, 0.4) is 0 Å². The van der Waals surface area contributed by atoms with Crippen LogP contribution < -0.4 is 0 Å². The van der Waals surface area contributed by atoms with Gasteiger partial charge in [-0.15, -0.1) is 0 Å². The van der Waals surface area contributed by atoms with E-state index in [2.05, 4.69) is 0 Å². The maximum absolute atomic E-state index is 14.0. The summed E-state index contributed by atoms with van der Waals surface area (Å²) in [7, 11) is -4.64. The highest BCUT2D eigenvalue weighted by molar-refractivity contribution is 7.89. The molecule has 1 fully saturated rings. The van der Waals surface area contributed by atoms with Gasteiger partial charge in [-0.2, -0.15) is 4.31 Å². The number of sulfonamides is 1. The minimum absolute atomic E-state index is 0.337. The standard InChI is InChI=1S/C12H12F3NO5S/c13-10-7(11(18)19)2-1-3-8(10)22(20,21)16-5-4-9(17)12(14,15)6-16/h1-3,9,17H,4-6H2,(H,18,19). The van der Waals surface area contributed by atoms with Gasteiger partial charge in [0, 0.05) is 6.54 Å². The van der Waals surface area contributed by atoms with Crippen LogP contribution in [0.1, 0.15) is 16.8 Å². The molecule has 0 bridgehead atoms. The lowest BCUT2D eigenvalue weighted by Gasteiger charge is -2.35. The number of benzene rings is 1. The number of aromatic carboxylic acids is 1. The Bertz CT molecular complexity index is 707. The average molecular weight is 339 g/mol. The van der Waals surface area contributed by atoms with E-state index in [0.717, 1.165) is 18.2 Å². The highest BCUT2D eigenvalue weighted by atomic mass is 32.2. The summed E-state index contributed by atoms with van der Waals surface area (Å²) in [5.41, 5.74) is -0.870. The highest BCUT2D eigenvalue weighted by Gasteiger charge is 2.47. The Labute approximate surface area is 123 Å². The molecule has 0 spiro atoms. The Morgan fingerprint density at radius 2 is 2.00 bits per heavy atom. The van der Waals surface area contributed by atoms with Crippen molar-refractivity contribution in [2.45, 2.75) is 23.3 Å². The lowest BCUT2D eigenvalue weighted by molar-refractivity contribution is -0.136. The number of hydrogen-bond acceptors (Lipinski definition) is 4. The molecule has 122 valence electrons. The first-order valence-corrected chi connectivity index (χ1v) is 7.59. The van der Waals surface area contributed by atoms with Gasteiger partial charge < -0.3 is 10.2 Å². The van der Waals surface area contributed by atoms with E-state index in [1.807, 2.05) is 0 Å². The SMILES string of the molecule is O=C(O)c1cccc(S(=O)(=O)N2CCC(O)C(F)(F)C2)c1F. The van der Waals surface area contributed by atoms with Crippen LogP contribution in [0.25, 0.3) is 0 Å². The summed E-state index contributed by atoms with van der Waals surface area (Å²) in [5.74, 6) is -6.84. The molecule has 0 radical (unpaired) electrons. The Morgan fingerprint density at radius 3 is 2.55 bits per heavy atom. The van der Waals surface area contributed by atoms with Gasteiger partial charge in [0.1, 0.15) is 11.0 Å². The summed E-state index contributed by atoms with van der Waals surface area (Å²) < 4.78 is 65.8. The van der Waals surface area contributed by atoms with Crippen LogP contribution in [0.2, 0.25) is 0 Å². The van der Waals surface area contributed by atoms with Gasteiger partial charge in [0.25, 0.3) is 5.92 Å². The maximum Gasteiger partial charge on any atom is 0.338 e. The molecule has 0 saturated carbocycles. The van der Waals surface area contributed by atoms with Gasteiger partial charge >= 0.3 is 5.97 Å². The zero-order chi connectivity index (χ0) is 16.7. The largest absolute Gasteiger partial charge is 0.478 e. The van der Waals surface area contributed by atoms with Gasteiger partial charge in [0.15, 0.2) is 5.82 Å². The zero-order valence-corrected chi connectivity index (χ0v) is 11.9. The topological polar surface area (TPSA) is 94.9 Å². The minimum Gasteiger partial charge on any atom is -0.478 e. The third-order valence-electron chi connectivity index (χ3n) is 3.34. The van der Waals surface area contributed by atoms with Crippen LogP contribution in [0.4, 0.5) is 13.2 Å². The van der Waals surface area contributed by atoms with Gasteiger partial charge in [-0.05, 0) is 18.6 Å². The quantitative estimate of drug-likeness (QED) is 0.854. The summed E-state index contributed by atoms with van der Waals surface area (Å²) in [6.45, 7) is -1.72. The van der Waals surface area contributed by atoms with E-state index in [-0.39, 0.29) is 0 Å². The fourth-order valence-electron chi connectivity index (χ4n) is 2.12. The number of aliphatic hydroxyl groups is 1. The van der Waals surface area contributed by atoms with E-state index in [0.29, 0.717) is 4.31 Å². The monoisotopic (exact) mass is 339 g/mol. The molecule has 1 aliphatic heterocycles. The smallest absolute Gasteiger partial charge is 0.338 e. The lowest BCUT2D eigenvalue weighted by atomic mass is 10.1. The van der Waals surface area contributed by atoms with Crippen molar-refractivity contribution < 1.29 is 36.6 Å². The van der Waals surface area contributed by atoms with Crippen LogP contribution in [-0.4, -0.2) is 54.0 Å². The molecule has 22 heavy (non-hydrogen) atoms. The Morgan fingerprint density at radius 1 is 1.36 bits per heavy atom. The van der Waals surface area contributed by atoms with Gasteiger partial charge in [-0.3, -0.25) is 0 Å². The predicted molar refractivity (Wildman–Crippen MR) is 67.7 cm³/mol. The third kappa shape index (κ3) is 2.81. The summed E-state index contributed by atoms with van der Waals surface area (Å²) in [6.07, 6.45) is -2.49. The molecule has 1 unspecified atom stereocenters. The first-order chi connectivity index (χ1) is 10.1. The summed E-state index contributed by atoms with van der Waals surface area (Å²) in [4.78, 5) is 9.84. The van der Waals surface area contributed by atoms with Crippen LogP contribution in [0, 0.1) is 5.82 Å². The molecule has 10 heteroatoms. The van der Waals surface area contributed by atoms with Crippen LogP contribution in [0.15, 0.2) is 23.1 Å². The van der Waals surface area contributed by atoms with E-state index in [9.17, 15) is 26.4 Å². The second-order valence-electron chi connectivity index (χ2n) is 4.83. The van der Waals surface area contributed by atoms with Crippen molar-refractivity contribution in [1.82, 2.24) is 4.31 Å². The van der Waals surface area contributed by atoms with Crippen LogP contribution >= 0.6 is 0 Å². The highest BCUT2D eigenvalue weighted by Crippen LogP contribution is 2.31. The second-order valence-corrected chi connectivity index (χ2v) is 6.73. The summed E-state index contributed by atoms with van der Waals surface area (Å²) in [5, 5.41) is 17.9. The molecule has 1 heterocycles. The van der Waals surface area contributed by atoms with Gasteiger partial charge in [0.2, 0.25) is 10.0 Å². The molecule has 1 atom stereocenters. The normalized spacial score (nSPS) is 22.5. The second kappa shape index (κ2) is 5.52. The van der Waals surface area contributed by atoms with Gasteiger partial charge in [-0.25, -0.2) is 26.4 Å². The van der Waals surface area contributed by atoms with Crippen LogP contribution in [-0.2, 0) is 10.0 Å². The first-order valence-electron chi connectivity index (χ1n) is 6.15. The van der Waals surface area contributed by atoms with Crippen molar-refractivity contribution in [3.8, 4) is 0 Å². The van der Waals surface area contributed by atoms with Crippen molar-refractivity contribution in [3.05, 3.63) is 29.6 Å². The summed E-state index contributed by atoms with van der Waals surface area (Å²) >= 11 is 0. The lowest BCUT2D eigenvalue weighted by Crippen LogP contribution is -2.53. The first kappa shape index (κ1) is 16.7. The number of hydrogen-bond donors (Lipinski definition) is 2. The number of nitrogens with zero attached hydrogens (tertiary/aromatic N) is 1. The maximum atomic E-state index is 14.0. The number of aliphatic hydroxyl groups excluding tert-OH is 1. The molecule has 2 rings (SSSR count). The number of carboxylic acids is 1. The Kier molecular flexibility index (Phi) is 4.20. The van der Waals surface area contributed by atoms with Crippen LogP contribution in [0.5, 0.6) is 0 Å². The average Bonchev–Trinajstić information content (AvgIpc) is 2.41. The Hall–Kier alpha value is -1.65. The van der Waals surface area contributed by atoms with Crippen molar-refractivity contribution in [1.29, 1.82) is 0 Å². The number of carboxylic acid groups (broad SMARTS) is 1. The molecule has 6 nitrogen and oxygen atoms in total. The fraction of sp³-hybridized carbons (Fsp3) is 0.417. The number of alkyl halides is 2. The predicted octanol–water partition coefficient (Wildman–Crippen LogP) is 0.914. The van der Waals surface area contributed by atoms with Crippen molar-refractivity contribution in [3.63, 3.8) is 0 Å². The molecule has 0 aliphatic carbocycles. The van der Waals surface area contributed by atoms with E-state index in [1.165, 1.54) is 0 Å². The van der Waals surface area contributed by atoms with E-state index in [4.69, 9.17) is 10.2 Å². The number of piperidine rings is 1. The van der Waals surface area contributed by atoms with E-state index >= 15 is 0 Å². The minimum atomic E-state index is -4.64. The number of carbonyl (C=O) groups is 1. The summed E-state index contributed by atoms with van der Waals surface area (Å²) in [6, 6.07) is 2.68. The third-order valence-corrected chi connectivity index (χ3v) is 5.20. The van der Waals surface area contributed by atoms with Gasteiger partial charge in [0.05, 0.1) is 12.1 Å². The van der Waals surface area contributed by atoms with Crippen molar-refractivity contribution in [2.75, 3.05) is 13.1 Å². The van der Waals surface area contributed by atoms with E-state index in [1.54, 1.807) is 0 Å². The fourth-order valence-corrected chi connectivity index (χ4v) is 3.67. The van der Waals surface area contributed by atoms with E-state index < -0.39 is 63.8 Å². The number of rotatable bonds is 3. The molecule has 0 aromatic heterocycles. The van der Waals surface area contributed by atoms with Crippen molar-refractivity contribution >= 4 is 16.0 Å². The molecule has 0 amide bonds. The molecule has 2 N–H and O–H groups in total. The Balaban J connectivity index is 2.44. The van der Waals surface area contributed by atoms with Gasteiger partial charge in [-0.1, -0.05) is 6.07 Å². The van der Waals surface area contributed by atoms with Crippen molar-refractivity contribution in [2.24, 2.45) is 0 Å². The number of halogens is 3. The molecular weight excluding hydrogens is 327 g/mol. The molecule has 1 aromatic carbocycles. The molecule has 1 aliphatic rings. The zero-order valence-electron chi connectivity index (χ0n) is 11.0. The molecule has 1 saturated heterocycles.